The number of ether oxygens (including phenoxy) is 1. The number of carboxylic acid groups (broad SMARTS) is 1. The normalized spacial score (nSPS) is 21.6. The first kappa shape index (κ1) is 14.7. The zero-order valence-corrected chi connectivity index (χ0v) is 12.0. The Morgan fingerprint density at radius 1 is 1.55 bits per heavy atom. The van der Waals surface area contributed by atoms with Crippen LogP contribution in [0.1, 0.15) is 35.0 Å². The molecule has 1 aliphatic rings. The first-order valence-corrected chi connectivity index (χ1v) is 7.38. The van der Waals surface area contributed by atoms with E-state index in [0.717, 1.165) is 23.8 Å². The van der Waals surface area contributed by atoms with Crippen molar-refractivity contribution in [2.45, 2.75) is 31.9 Å². The maximum absolute atomic E-state index is 12.0. The largest absolute Gasteiger partial charge is 0.478 e. The van der Waals surface area contributed by atoms with Crippen molar-refractivity contribution in [1.29, 1.82) is 0 Å². The predicted molar refractivity (Wildman–Crippen MR) is 76.9 cm³/mol. The van der Waals surface area contributed by atoms with Crippen LogP contribution >= 0.6 is 11.3 Å². The minimum Gasteiger partial charge on any atom is -0.478 e. The number of nitrogens with one attached hydrogen (secondary N) is 1. The lowest BCUT2D eigenvalue weighted by molar-refractivity contribution is -0.131. The molecule has 108 valence electrons. The minimum atomic E-state index is -0.999. The molecule has 0 aromatic carbocycles. The molecule has 1 aromatic heterocycles. The van der Waals surface area contributed by atoms with Gasteiger partial charge >= 0.3 is 5.97 Å². The fourth-order valence-electron chi connectivity index (χ4n) is 2.04. The Balaban J connectivity index is 1.83. The summed E-state index contributed by atoms with van der Waals surface area (Å²) < 4.78 is 5.44. The van der Waals surface area contributed by atoms with Crippen molar-refractivity contribution in [1.82, 2.24) is 5.32 Å². The number of carboxylic acids is 1. The molecular weight excluding hydrogens is 278 g/mol. The van der Waals surface area contributed by atoms with E-state index < -0.39 is 5.97 Å². The van der Waals surface area contributed by atoms with Crippen LogP contribution in [0.5, 0.6) is 0 Å². The van der Waals surface area contributed by atoms with E-state index >= 15 is 0 Å². The zero-order valence-electron chi connectivity index (χ0n) is 11.2. The fourth-order valence-corrected chi connectivity index (χ4v) is 2.82. The van der Waals surface area contributed by atoms with Crippen LogP contribution in [0.2, 0.25) is 0 Å². The number of hydrogen-bond donors (Lipinski definition) is 2. The van der Waals surface area contributed by atoms with Crippen LogP contribution in [-0.2, 0) is 9.53 Å². The van der Waals surface area contributed by atoms with E-state index in [1.54, 1.807) is 11.4 Å². The zero-order chi connectivity index (χ0) is 14.5. The lowest BCUT2D eigenvalue weighted by Gasteiger charge is -2.35. The van der Waals surface area contributed by atoms with Gasteiger partial charge in [0.1, 0.15) is 0 Å². The third kappa shape index (κ3) is 3.91. The summed E-state index contributed by atoms with van der Waals surface area (Å²) in [5.74, 6) is -1.11. The Morgan fingerprint density at radius 2 is 2.30 bits per heavy atom. The predicted octanol–water partition coefficient (Wildman–Crippen LogP) is 2.14. The molecule has 20 heavy (non-hydrogen) atoms. The molecule has 2 rings (SSSR count). The standard InChI is InChI=1S/C14H17NO4S/c1-2-19-11-6-10(7-11)15-14(18)9-5-12(20-8-9)3-4-13(16)17/h3-5,8,10-11H,2,6-7H2,1H3,(H,15,18)(H,16,17)/b4-3+. The average molecular weight is 295 g/mol. The van der Waals surface area contributed by atoms with Gasteiger partial charge in [-0.25, -0.2) is 4.79 Å². The molecule has 1 aliphatic carbocycles. The van der Waals surface area contributed by atoms with Gasteiger partial charge in [0.15, 0.2) is 0 Å². The second-order valence-corrected chi connectivity index (χ2v) is 5.57. The first-order chi connectivity index (χ1) is 9.58. The molecule has 1 heterocycles. The molecule has 1 fully saturated rings. The lowest BCUT2D eigenvalue weighted by Crippen LogP contribution is -2.47. The highest BCUT2D eigenvalue weighted by molar-refractivity contribution is 7.11. The summed E-state index contributed by atoms with van der Waals surface area (Å²) >= 11 is 1.35. The maximum atomic E-state index is 12.0. The molecule has 0 spiro atoms. The third-order valence-electron chi connectivity index (χ3n) is 3.10. The molecule has 2 N–H and O–H groups in total. The van der Waals surface area contributed by atoms with E-state index in [1.165, 1.54) is 17.4 Å². The molecule has 5 nitrogen and oxygen atoms in total. The molecule has 1 saturated carbocycles. The molecule has 0 aliphatic heterocycles. The van der Waals surface area contributed by atoms with Crippen LogP contribution in [0.4, 0.5) is 0 Å². The molecule has 1 aromatic rings. The van der Waals surface area contributed by atoms with Gasteiger partial charge in [0.25, 0.3) is 5.91 Å². The van der Waals surface area contributed by atoms with Gasteiger partial charge in [0, 0.05) is 29.0 Å². The van der Waals surface area contributed by atoms with Gasteiger partial charge in [-0.05, 0) is 31.9 Å². The Kier molecular flexibility index (Phi) is 4.92. The highest BCUT2D eigenvalue weighted by atomic mass is 32.1. The Morgan fingerprint density at radius 3 is 2.95 bits per heavy atom. The molecule has 0 atom stereocenters. The highest BCUT2D eigenvalue weighted by Gasteiger charge is 2.30. The molecule has 1 amide bonds. The summed E-state index contributed by atoms with van der Waals surface area (Å²) in [6.45, 7) is 2.67. The van der Waals surface area contributed by atoms with Crippen LogP contribution in [0.15, 0.2) is 17.5 Å². The SMILES string of the molecule is CCOC1CC(NC(=O)c2csc(/C=C/C(=O)O)c2)C1. The van der Waals surface area contributed by atoms with Gasteiger partial charge in [0.2, 0.25) is 0 Å². The van der Waals surface area contributed by atoms with Gasteiger partial charge in [-0.1, -0.05) is 0 Å². The van der Waals surface area contributed by atoms with Crippen molar-refractivity contribution < 1.29 is 19.4 Å². The lowest BCUT2D eigenvalue weighted by atomic mass is 9.89. The van der Waals surface area contributed by atoms with Crippen LogP contribution in [-0.4, -0.2) is 35.7 Å². The van der Waals surface area contributed by atoms with E-state index in [9.17, 15) is 9.59 Å². The number of carbonyl (C=O) groups excluding carboxylic acids is 1. The van der Waals surface area contributed by atoms with E-state index in [2.05, 4.69) is 5.32 Å². The average Bonchev–Trinajstić information content (AvgIpc) is 2.82. The van der Waals surface area contributed by atoms with Crippen molar-refractivity contribution in [3.8, 4) is 0 Å². The smallest absolute Gasteiger partial charge is 0.328 e. The van der Waals surface area contributed by atoms with Gasteiger partial charge < -0.3 is 15.2 Å². The number of carbonyl (C=O) groups is 2. The second-order valence-electron chi connectivity index (χ2n) is 4.63. The number of rotatable bonds is 6. The maximum Gasteiger partial charge on any atom is 0.328 e. The summed E-state index contributed by atoms with van der Waals surface area (Å²) in [6, 6.07) is 1.87. The Labute approximate surface area is 121 Å². The molecule has 0 saturated heterocycles. The molecule has 6 heteroatoms. The van der Waals surface area contributed by atoms with Crippen LogP contribution in [0.25, 0.3) is 6.08 Å². The summed E-state index contributed by atoms with van der Waals surface area (Å²) in [4.78, 5) is 23.1. The number of hydrogen-bond acceptors (Lipinski definition) is 4. The van der Waals surface area contributed by atoms with Crippen molar-refractivity contribution >= 4 is 29.3 Å². The van der Waals surface area contributed by atoms with Gasteiger partial charge in [-0.15, -0.1) is 11.3 Å². The van der Waals surface area contributed by atoms with E-state index in [0.29, 0.717) is 12.2 Å². The van der Waals surface area contributed by atoms with Crippen molar-refractivity contribution in [3.05, 3.63) is 28.0 Å². The van der Waals surface area contributed by atoms with E-state index in [1.807, 2.05) is 6.92 Å². The van der Waals surface area contributed by atoms with E-state index in [4.69, 9.17) is 9.84 Å². The number of aliphatic carboxylic acids is 1. The van der Waals surface area contributed by atoms with Crippen LogP contribution in [0.3, 0.4) is 0 Å². The Bertz CT molecular complexity index is 517. The summed E-state index contributed by atoms with van der Waals surface area (Å²) in [5.41, 5.74) is 0.569. The third-order valence-corrected chi connectivity index (χ3v) is 4.00. The monoisotopic (exact) mass is 295 g/mol. The topological polar surface area (TPSA) is 75.6 Å². The molecule has 0 unspecified atom stereocenters. The van der Waals surface area contributed by atoms with Gasteiger partial charge in [0.05, 0.1) is 11.7 Å². The van der Waals surface area contributed by atoms with Crippen molar-refractivity contribution in [3.63, 3.8) is 0 Å². The number of amides is 1. The van der Waals surface area contributed by atoms with Crippen molar-refractivity contribution in [2.24, 2.45) is 0 Å². The van der Waals surface area contributed by atoms with Crippen molar-refractivity contribution in [2.75, 3.05) is 6.61 Å². The van der Waals surface area contributed by atoms with Gasteiger partial charge in [-0.2, -0.15) is 0 Å². The Hall–Kier alpha value is -1.66. The first-order valence-electron chi connectivity index (χ1n) is 6.50. The molecular formula is C14H17NO4S. The van der Waals surface area contributed by atoms with Crippen LogP contribution < -0.4 is 5.32 Å². The van der Waals surface area contributed by atoms with E-state index in [-0.39, 0.29) is 18.1 Å². The molecule has 0 bridgehead atoms. The quantitative estimate of drug-likeness (QED) is 0.788. The summed E-state index contributed by atoms with van der Waals surface area (Å²) in [7, 11) is 0. The summed E-state index contributed by atoms with van der Waals surface area (Å²) in [6.07, 6.45) is 4.52. The van der Waals surface area contributed by atoms with Crippen LogP contribution in [0, 0.1) is 0 Å². The fraction of sp³-hybridized carbons (Fsp3) is 0.429. The summed E-state index contributed by atoms with van der Waals surface area (Å²) in [5, 5.41) is 13.2. The highest BCUT2D eigenvalue weighted by Crippen LogP contribution is 2.24. The second kappa shape index (κ2) is 6.67. The molecule has 0 radical (unpaired) electrons. The number of thiophene rings is 1. The van der Waals surface area contributed by atoms with Gasteiger partial charge in [-0.3, -0.25) is 4.79 Å². The minimum absolute atomic E-state index is 0.115.